The molecule has 0 N–H and O–H groups in total. The maximum atomic E-state index is 6.44. The molecule has 4 nitrogen and oxygen atoms in total. The summed E-state index contributed by atoms with van der Waals surface area (Å²) in [5.41, 5.74) is 2.31. The summed E-state index contributed by atoms with van der Waals surface area (Å²) in [5.74, 6) is 1.47. The van der Waals surface area contributed by atoms with Gasteiger partial charge in [0.25, 0.3) is 0 Å². The molecule has 1 unspecified atom stereocenters. The summed E-state index contributed by atoms with van der Waals surface area (Å²) in [7, 11) is 0. The molecule has 1 aliphatic heterocycles. The van der Waals surface area contributed by atoms with Gasteiger partial charge in [-0.1, -0.05) is 67.9 Å². The Morgan fingerprint density at radius 1 is 0.966 bits per heavy atom. The summed E-state index contributed by atoms with van der Waals surface area (Å²) in [5, 5.41) is 1.47. The highest BCUT2D eigenvalue weighted by Crippen LogP contribution is 2.23. The van der Waals surface area contributed by atoms with Crippen molar-refractivity contribution in [2.24, 2.45) is 5.92 Å². The van der Waals surface area contributed by atoms with Crippen LogP contribution in [0, 0.1) is 5.92 Å². The van der Waals surface area contributed by atoms with E-state index < -0.39 is 0 Å². The van der Waals surface area contributed by atoms with Crippen molar-refractivity contribution in [1.29, 1.82) is 0 Å². The Morgan fingerprint density at radius 3 is 2.52 bits per heavy atom. The van der Waals surface area contributed by atoms with Crippen LogP contribution in [0.1, 0.15) is 31.7 Å². The molecule has 0 bridgehead atoms. The smallest absolute Gasteiger partial charge is 0.144 e. The molecule has 0 spiro atoms. The van der Waals surface area contributed by atoms with Gasteiger partial charge in [-0.15, -0.1) is 0 Å². The van der Waals surface area contributed by atoms with Crippen LogP contribution in [0.25, 0.3) is 10.9 Å². The fraction of sp³-hybridized carbons (Fsp3) is 0.417. The molecule has 2 aromatic carbocycles. The molecule has 0 radical (unpaired) electrons. The van der Waals surface area contributed by atoms with Gasteiger partial charge in [0, 0.05) is 37.6 Å². The zero-order valence-corrected chi connectivity index (χ0v) is 18.0. The standard InChI is InChI=1S/C24H29ClN4/c1-18(2)14-20-16-28(15-19-8-4-3-5-9-19)12-13-29(20)17-23-26-22-11-7-6-10-21(22)24(25)27-23/h3-11,18,20H,12-17H2,1-2H3. The molecular weight excluding hydrogens is 380 g/mol. The number of aromatic nitrogens is 2. The lowest BCUT2D eigenvalue weighted by atomic mass is 9.99. The third kappa shape index (κ3) is 5.13. The van der Waals surface area contributed by atoms with Crippen LogP contribution in [0.5, 0.6) is 0 Å². The summed E-state index contributed by atoms with van der Waals surface area (Å²) in [6, 6.07) is 19.2. The van der Waals surface area contributed by atoms with Crippen LogP contribution in [-0.2, 0) is 13.1 Å². The molecular formula is C24H29ClN4. The maximum Gasteiger partial charge on any atom is 0.144 e. The van der Waals surface area contributed by atoms with Crippen LogP contribution in [0.2, 0.25) is 5.15 Å². The predicted molar refractivity (Wildman–Crippen MR) is 120 cm³/mol. The summed E-state index contributed by atoms with van der Waals surface area (Å²) in [4.78, 5) is 14.5. The van der Waals surface area contributed by atoms with Gasteiger partial charge < -0.3 is 0 Å². The van der Waals surface area contributed by atoms with Gasteiger partial charge in [-0.05, 0) is 30.0 Å². The van der Waals surface area contributed by atoms with Gasteiger partial charge in [-0.25, -0.2) is 9.97 Å². The number of rotatable bonds is 6. The topological polar surface area (TPSA) is 32.3 Å². The molecule has 3 aromatic rings. The van der Waals surface area contributed by atoms with E-state index in [1.54, 1.807) is 0 Å². The fourth-order valence-electron chi connectivity index (χ4n) is 4.25. The van der Waals surface area contributed by atoms with E-state index in [9.17, 15) is 0 Å². The number of para-hydroxylation sites is 1. The van der Waals surface area contributed by atoms with Crippen LogP contribution in [-0.4, -0.2) is 45.4 Å². The minimum absolute atomic E-state index is 0.501. The van der Waals surface area contributed by atoms with Gasteiger partial charge in [0.2, 0.25) is 0 Å². The molecule has 29 heavy (non-hydrogen) atoms. The van der Waals surface area contributed by atoms with E-state index in [1.807, 2.05) is 24.3 Å². The molecule has 0 saturated carbocycles. The quantitative estimate of drug-likeness (QED) is 0.536. The number of benzene rings is 2. The first-order chi connectivity index (χ1) is 14.1. The van der Waals surface area contributed by atoms with Crippen molar-refractivity contribution in [1.82, 2.24) is 19.8 Å². The van der Waals surface area contributed by atoms with Crippen molar-refractivity contribution < 1.29 is 0 Å². The second-order valence-corrected chi connectivity index (χ2v) is 8.78. The van der Waals surface area contributed by atoms with E-state index in [-0.39, 0.29) is 0 Å². The second kappa shape index (κ2) is 9.21. The molecule has 2 heterocycles. The first kappa shape index (κ1) is 20.3. The van der Waals surface area contributed by atoms with Gasteiger partial charge in [-0.2, -0.15) is 0 Å². The van der Waals surface area contributed by atoms with Gasteiger partial charge >= 0.3 is 0 Å². The van der Waals surface area contributed by atoms with Crippen LogP contribution in [0.4, 0.5) is 0 Å². The Morgan fingerprint density at radius 2 is 1.72 bits per heavy atom. The maximum absolute atomic E-state index is 6.44. The molecule has 1 saturated heterocycles. The predicted octanol–water partition coefficient (Wildman–Crippen LogP) is 5.02. The van der Waals surface area contributed by atoms with E-state index >= 15 is 0 Å². The number of halogens is 1. The van der Waals surface area contributed by atoms with E-state index in [0.29, 0.717) is 17.1 Å². The molecule has 5 heteroatoms. The summed E-state index contributed by atoms with van der Waals surface area (Å²) < 4.78 is 0. The van der Waals surface area contributed by atoms with Crippen molar-refractivity contribution in [3.63, 3.8) is 0 Å². The number of piperazine rings is 1. The Hall–Kier alpha value is -2.01. The lowest BCUT2D eigenvalue weighted by Crippen LogP contribution is -2.52. The fourth-order valence-corrected chi connectivity index (χ4v) is 4.51. The summed E-state index contributed by atoms with van der Waals surface area (Å²) >= 11 is 6.44. The first-order valence-corrected chi connectivity index (χ1v) is 10.9. The largest absolute Gasteiger partial charge is 0.296 e. The third-order valence-electron chi connectivity index (χ3n) is 5.63. The van der Waals surface area contributed by atoms with Gasteiger partial charge in [0.15, 0.2) is 0 Å². The molecule has 0 aliphatic carbocycles. The zero-order valence-electron chi connectivity index (χ0n) is 17.3. The lowest BCUT2D eigenvalue weighted by molar-refractivity contribution is 0.0514. The highest BCUT2D eigenvalue weighted by atomic mass is 35.5. The SMILES string of the molecule is CC(C)CC1CN(Cc2ccccc2)CCN1Cc1nc(Cl)c2ccccc2n1. The summed E-state index contributed by atoms with van der Waals surface area (Å²) in [6.45, 7) is 9.54. The van der Waals surface area contributed by atoms with Crippen molar-refractivity contribution in [3.05, 3.63) is 71.1 Å². The molecule has 4 rings (SSSR count). The number of hydrogen-bond acceptors (Lipinski definition) is 4. The van der Waals surface area contributed by atoms with Crippen molar-refractivity contribution >= 4 is 22.5 Å². The van der Waals surface area contributed by atoms with Gasteiger partial charge in [0.1, 0.15) is 11.0 Å². The highest BCUT2D eigenvalue weighted by molar-refractivity contribution is 6.34. The first-order valence-electron chi connectivity index (χ1n) is 10.5. The monoisotopic (exact) mass is 408 g/mol. The molecule has 1 aliphatic rings. The Labute approximate surface area is 178 Å². The Kier molecular flexibility index (Phi) is 6.43. The van der Waals surface area contributed by atoms with Crippen molar-refractivity contribution in [2.75, 3.05) is 19.6 Å². The molecule has 0 amide bonds. The number of fused-ring (bicyclic) bond motifs is 1. The molecule has 1 atom stereocenters. The molecule has 1 aromatic heterocycles. The third-order valence-corrected chi connectivity index (χ3v) is 5.92. The minimum Gasteiger partial charge on any atom is -0.296 e. The molecule has 1 fully saturated rings. The highest BCUT2D eigenvalue weighted by Gasteiger charge is 2.28. The molecule has 152 valence electrons. The van der Waals surface area contributed by atoms with E-state index in [0.717, 1.165) is 49.5 Å². The van der Waals surface area contributed by atoms with Crippen LogP contribution < -0.4 is 0 Å². The van der Waals surface area contributed by atoms with Crippen molar-refractivity contribution in [2.45, 2.75) is 39.4 Å². The van der Waals surface area contributed by atoms with Crippen molar-refractivity contribution in [3.8, 4) is 0 Å². The van der Waals surface area contributed by atoms with E-state index in [4.69, 9.17) is 16.6 Å². The van der Waals surface area contributed by atoms with Crippen LogP contribution in [0.3, 0.4) is 0 Å². The average molecular weight is 409 g/mol. The van der Waals surface area contributed by atoms with Crippen LogP contribution in [0.15, 0.2) is 54.6 Å². The zero-order chi connectivity index (χ0) is 20.2. The Bertz CT molecular complexity index is 944. The summed E-state index contributed by atoms with van der Waals surface area (Å²) in [6.07, 6.45) is 1.17. The number of hydrogen-bond donors (Lipinski definition) is 0. The lowest BCUT2D eigenvalue weighted by Gasteiger charge is -2.42. The Balaban J connectivity index is 1.49. The second-order valence-electron chi connectivity index (χ2n) is 8.42. The van der Waals surface area contributed by atoms with Gasteiger partial charge in [-0.3, -0.25) is 9.80 Å². The average Bonchev–Trinajstić information content (AvgIpc) is 2.70. The van der Waals surface area contributed by atoms with E-state index in [1.165, 1.54) is 12.0 Å². The minimum atomic E-state index is 0.501. The number of nitrogens with zero attached hydrogens (tertiary/aromatic N) is 4. The van der Waals surface area contributed by atoms with E-state index in [2.05, 4.69) is 59.0 Å². The van der Waals surface area contributed by atoms with Gasteiger partial charge in [0.05, 0.1) is 12.1 Å². The van der Waals surface area contributed by atoms with Crippen LogP contribution >= 0.6 is 11.6 Å². The normalized spacial score (nSPS) is 18.6.